The van der Waals surface area contributed by atoms with Gasteiger partial charge in [-0.1, -0.05) is 31.6 Å². The molecule has 5 atom stereocenters. The molecule has 0 amide bonds. The quantitative estimate of drug-likeness (QED) is 0.661. The molecule has 0 saturated heterocycles. The standard InChI is InChI=1S/C19H25NO/c1-18-9-7-13(20)11-12(18)3-4-14-15-5-6-17(21)19(15,2)10-8-16(14)18/h3,7,9,14-16,20H,4-6,8,10-11H2,1-2H3/t14-,15-,16+,18-,19-/m0/s1. The largest absolute Gasteiger partial charge is 0.305 e. The second-order valence-electron chi connectivity index (χ2n) is 8.08. The fraction of sp³-hybridized carbons (Fsp3) is 0.684. The Morgan fingerprint density at radius 3 is 2.86 bits per heavy atom. The summed E-state index contributed by atoms with van der Waals surface area (Å²) in [6, 6.07) is 0. The molecule has 2 saturated carbocycles. The van der Waals surface area contributed by atoms with Crippen LogP contribution < -0.4 is 0 Å². The molecule has 0 aromatic carbocycles. The van der Waals surface area contributed by atoms with Crippen LogP contribution >= 0.6 is 0 Å². The molecule has 4 aliphatic rings. The van der Waals surface area contributed by atoms with Gasteiger partial charge in [0.05, 0.1) is 0 Å². The van der Waals surface area contributed by atoms with Crippen LogP contribution in [0.5, 0.6) is 0 Å². The zero-order chi connectivity index (χ0) is 14.8. The average Bonchev–Trinajstić information content (AvgIpc) is 2.76. The number of Topliss-reactive ketones (excluding diaryl/α,β-unsaturated/α-hetero) is 1. The van der Waals surface area contributed by atoms with Gasteiger partial charge >= 0.3 is 0 Å². The minimum Gasteiger partial charge on any atom is -0.305 e. The molecule has 0 aromatic rings. The van der Waals surface area contributed by atoms with E-state index in [1.807, 2.05) is 6.08 Å². The van der Waals surface area contributed by atoms with Gasteiger partial charge in [0.15, 0.2) is 0 Å². The van der Waals surface area contributed by atoms with Crippen molar-refractivity contribution in [2.24, 2.45) is 28.6 Å². The molecule has 0 unspecified atom stereocenters. The molecule has 21 heavy (non-hydrogen) atoms. The third-order valence-electron chi connectivity index (χ3n) is 7.26. The zero-order valence-electron chi connectivity index (χ0n) is 13.1. The fourth-order valence-electron chi connectivity index (χ4n) is 5.90. The number of fused-ring (bicyclic) bond motifs is 5. The minimum atomic E-state index is -0.0338. The first-order valence-corrected chi connectivity index (χ1v) is 8.44. The van der Waals surface area contributed by atoms with Crippen LogP contribution in [0.3, 0.4) is 0 Å². The van der Waals surface area contributed by atoms with E-state index >= 15 is 0 Å². The normalized spacial score (nSPS) is 48.5. The number of hydrogen-bond donors (Lipinski definition) is 1. The molecule has 0 aliphatic heterocycles. The van der Waals surface area contributed by atoms with E-state index in [0.29, 0.717) is 23.5 Å². The van der Waals surface area contributed by atoms with E-state index in [0.717, 1.165) is 37.8 Å². The highest BCUT2D eigenvalue weighted by atomic mass is 16.1. The van der Waals surface area contributed by atoms with Gasteiger partial charge in [-0.05, 0) is 49.5 Å². The summed E-state index contributed by atoms with van der Waals surface area (Å²) >= 11 is 0. The lowest BCUT2D eigenvalue weighted by Gasteiger charge is -2.54. The summed E-state index contributed by atoms with van der Waals surface area (Å²) in [5, 5.41) is 7.93. The molecule has 2 nitrogen and oxygen atoms in total. The van der Waals surface area contributed by atoms with Gasteiger partial charge in [0.2, 0.25) is 0 Å². The minimum absolute atomic E-state index is 0.0338. The third kappa shape index (κ3) is 1.65. The molecule has 0 radical (unpaired) electrons. The molecule has 0 heterocycles. The first-order chi connectivity index (χ1) is 9.95. The monoisotopic (exact) mass is 283 g/mol. The molecular weight excluding hydrogens is 258 g/mol. The molecule has 0 spiro atoms. The summed E-state index contributed by atoms with van der Waals surface area (Å²) in [7, 11) is 0. The van der Waals surface area contributed by atoms with Gasteiger partial charge in [-0.15, -0.1) is 0 Å². The summed E-state index contributed by atoms with van der Waals surface area (Å²) in [6.07, 6.45) is 12.8. The molecule has 112 valence electrons. The van der Waals surface area contributed by atoms with Crippen LogP contribution in [0.4, 0.5) is 0 Å². The molecule has 2 fully saturated rings. The van der Waals surface area contributed by atoms with E-state index in [9.17, 15) is 4.79 Å². The van der Waals surface area contributed by atoms with Crippen molar-refractivity contribution in [2.45, 2.75) is 52.4 Å². The summed E-state index contributed by atoms with van der Waals surface area (Å²) in [5.41, 5.74) is 2.31. The smallest absolute Gasteiger partial charge is 0.139 e. The van der Waals surface area contributed by atoms with E-state index in [4.69, 9.17) is 5.41 Å². The summed E-state index contributed by atoms with van der Waals surface area (Å²) in [5.74, 6) is 2.45. The zero-order valence-corrected chi connectivity index (χ0v) is 13.1. The molecule has 1 N–H and O–H groups in total. The first kappa shape index (κ1) is 13.5. The molecule has 2 heteroatoms. The average molecular weight is 283 g/mol. The van der Waals surface area contributed by atoms with E-state index in [2.05, 4.69) is 26.0 Å². The maximum atomic E-state index is 12.4. The van der Waals surface area contributed by atoms with Crippen LogP contribution in [0, 0.1) is 34.0 Å². The SMILES string of the molecule is C[C@]12C=CC(=N)CC1=CC[C@@H]1[C@H]2CC[C@]2(C)C(=O)CC[C@@H]12. The van der Waals surface area contributed by atoms with Crippen LogP contribution in [-0.2, 0) is 4.79 Å². The number of nitrogens with one attached hydrogen (secondary N) is 1. The van der Waals surface area contributed by atoms with Crippen molar-refractivity contribution in [2.75, 3.05) is 0 Å². The van der Waals surface area contributed by atoms with E-state index in [-0.39, 0.29) is 10.8 Å². The van der Waals surface area contributed by atoms with Gasteiger partial charge in [0.25, 0.3) is 0 Å². The predicted molar refractivity (Wildman–Crippen MR) is 84.3 cm³/mol. The van der Waals surface area contributed by atoms with Gasteiger partial charge in [-0.3, -0.25) is 4.79 Å². The number of carbonyl (C=O) groups excluding carboxylic acids is 1. The molecule has 0 aromatic heterocycles. The highest BCUT2D eigenvalue weighted by Crippen LogP contribution is 2.62. The van der Waals surface area contributed by atoms with E-state index in [1.165, 1.54) is 12.0 Å². The van der Waals surface area contributed by atoms with Crippen molar-refractivity contribution in [1.82, 2.24) is 0 Å². The third-order valence-corrected chi connectivity index (χ3v) is 7.26. The lowest BCUT2D eigenvalue weighted by atomic mass is 9.49. The lowest BCUT2D eigenvalue weighted by molar-refractivity contribution is -0.131. The second-order valence-corrected chi connectivity index (χ2v) is 8.08. The van der Waals surface area contributed by atoms with Gasteiger partial charge in [0, 0.05) is 29.4 Å². The lowest BCUT2D eigenvalue weighted by Crippen LogP contribution is -2.49. The predicted octanol–water partition coefficient (Wildman–Crippen LogP) is 4.31. The van der Waals surface area contributed by atoms with E-state index in [1.54, 1.807) is 0 Å². The first-order valence-electron chi connectivity index (χ1n) is 8.44. The van der Waals surface area contributed by atoms with Crippen LogP contribution in [0.1, 0.15) is 52.4 Å². The number of hydrogen-bond acceptors (Lipinski definition) is 2. The Morgan fingerprint density at radius 2 is 2.05 bits per heavy atom. The maximum absolute atomic E-state index is 12.4. The van der Waals surface area contributed by atoms with Crippen LogP contribution in [0.15, 0.2) is 23.8 Å². The Labute approximate surface area is 127 Å². The maximum Gasteiger partial charge on any atom is 0.139 e. The Kier molecular flexibility index (Phi) is 2.68. The van der Waals surface area contributed by atoms with Gasteiger partial charge in [-0.25, -0.2) is 0 Å². The number of carbonyl (C=O) groups is 1. The molecule has 4 rings (SSSR count). The second kappa shape index (κ2) is 4.18. The van der Waals surface area contributed by atoms with Gasteiger partial charge in [0.1, 0.15) is 5.78 Å². The topological polar surface area (TPSA) is 40.9 Å². The number of allylic oxidation sites excluding steroid dienone is 4. The highest BCUT2D eigenvalue weighted by Gasteiger charge is 2.57. The number of ketones is 1. The number of rotatable bonds is 0. The Hall–Kier alpha value is -1.18. The van der Waals surface area contributed by atoms with E-state index < -0.39 is 0 Å². The summed E-state index contributed by atoms with van der Waals surface area (Å²) in [6.45, 7) is 4.61. The van der Waals surface area contributed by atoms with Crippen molar-refractivity contribution in [3.8, 4) is 0 Å². The van der Waals surface area contributed by atoms with Crippen LogP contribution in [0.2, 0.25) is 0 Å². The Morgan fingerprint density at radius 1 is 1.24 bits per heavy atom. The van der Waals surface area contributed by atoms with Crippen molar-refractivity contribution in [3.63, 3.8) is 0 Å². The van der Waals surface area contributed by atoms with Gasteiger partial charge in [-0.2, -0.15) is 0 Å². The van der Waals surface area contributed by atoms with Crippen molar-refractivity contribution >= 4 is 11.5 Å². The Bertz CT molecular complexity index is 586. The highest BCUT2D eigenvalue weighted by molar-refractivity contribution is 5.95. The van der Waals surface area contributed by atoms with Crippen molar-refractivity contribution < 1.29 is 4.79 Å². The van der Waals surface area contributed by atoms with Crippen LogP contribution in [0.25, 0.3) is 0 Å². The van der Waals surface area contributed by atoms with Gasteiger partial charge < -0.3 is 5.41 Å². The molecule has 0 bridgehead atoms. The fourth-order valence-corrected chi connectivity index (χ4v) is 5.90. The van der Waals surface area contributed by atoms with Crippen LogP contribution in [-0.4, -0.2) is 11.5 Å². The molecule has 4 aliphatic carbocycles. The summed E-state index contributed by atoms with van der Waals surface area (Å²) in [4.78, 5) is 12.4. The Balaban J connectivity index is 1.74. The summed E-state index contributed by atoms with van der Waals surface area (Å²) < 4.78 is 0. The van der Waals surface area contributed by atoms with Crippen molar-refractivity contribution in [3.05, 3.63) is 23.8 Å². The van der Waals surface area contributed by atoms with Crippen molar-refractivity contribution in [1.29, 1.82) is 5.41 Å². The molecular formula is C19H25NO.